The second kappa shape index (κ2) is 6.79. The number of anilines is 1. The van der Waals surface area contributed by atoms with Crippen molar-refractivity contribution < 1.29 is 0 Å². The molecule has 2 heterocycles. The van der Waals surface area contributed by atoms with E-state index in [1.165, 1.54) is 4.68 Å². The first kappa shape index (κ1) is 16.3. The Balaban J connectivity index is 2.14. The number of likely N-dealkylation sites (tertiary alicyclic amines) is 1. The molecule has 0 bridgehead atoms. The minimum absolute atomic E-state index is 0.212. The lowest BCUT2D eigenvalue weighted by molar-refractivity contribution is 0.206. The zero-order valence-electron chi connectivity index (χ0n) is 13.3. The Morgan fingerprint density at radius 1 is 1.52 bits per heavy atom. The molecule has 2 atom stereocenters. The number of aromatic nitrogens is 2. The highest BCUT2D eigenvalue weighted by atomic mass is 35.5. The lowest BCUT2D eigenvalue weighted by Gasteiger charge is -2.35. The first-order valence-electron chi connectivity index (χ1n) is 7.59. The van der Waals surface area contributed by atoms with E-state index in [9.17, 15) is 4.79 Å². The molecular formula is C15H25ClN4O. The highest BCUT2D eigenvalue weighted by Gasteiger charge is 2.25. The molecule has 1 aliphatic rings. The normalized spacial score (nSPS) is 23.5. The molecule has 118 valence electrons. The molecule has 0 aromatic carbocycles. The molecule has 1 aliphatic heterocycles. The number of hydrogen-bond acceptors (Lipinski definition) is 4. The minimum atomic E-state index is -0.212. The maximum absolute atomic E-state index is 12.2. The third-order valence-corrected chi connectivity index (χ3v) is 4.34. The summed E-state index contributed by atoms with van der Waals surface area (Å²) in [7, 11) is 2.13. The predicted octanol–water partition coefficient (Wildman–Crippen LogP) is 2.30. The predicted molar refractivity (Wildman–Crippen MR) is 87.0 cm³/mol. The third-order valence-electron chi connectivity index (χ3n) is 3.97. The second-order valence-corrected chi connectivity index (χ2v) is 6.91. The molecule has 0 spiro atoms. The fraction of sp³-hybridized carbons (Fsp3) is 0.733. The van der Waals surface area contributed by atoms with E-state index in [1.807, 2.05) is 13.8 Å². The van der Waals surface area contributed by atoms with E-state index in [4.69, 9.17) is 11.6 Å². The first-order chi connectivity index (χ1) is 9.88. The quantitative estimate of drug-likeness (QED) is 0.927. The van der Waals surface area contributed by atoms with Crippen LogP contribution in [0.5, 0.6) is 0 Å². The zero-order chi connectivity index (χ0) is 15.6. The Kier molecular flexibility index (Phi) is 5.27. The molecule has 0 amide bonds. The molecule has 5 nitrogen and oxygen atoms in total. The summed E-state index contributed by atoms with van der Waals surface area (Å²) in [6.07, 6.45) is 2.72. The molecule has 1 aromatic heterocycles. The van der Waals surface area contributed by atoms with Crippen LogP contribution in [0.3, 0.4) is 0 Å². The summed E-state index contributed by atoms with van der Waals surface area (Å²) in [6, 6.07) is 0.334. The average molecular weight is 313 g/mol. The van der Waals surface area contributed by atoms with Crippen molar-refractivity contribution in [3.05, 3.63) is 21.6 Å². The zero-order valence-corrected chi connectivity index (χ0v) is 14.0. The highest BCUT2D eigenvalue weighted by Crippen LogP contribution is 2.23. The van der Waals surface area contributed by atoms with Crippen molar-refractivity contribution in [2.24, 2.45) is 11.8 Å². The maximum atomic E-state index is 12.2. The molecular weight excluding hydrogens is 288 g/mol. The molecule has 0 aliphatic carbocycles. The number of halogens is 1. The van der Waals surface area contributed by atoms with Gasteiger partial charge in [-0.2, -0.15) is 5.10 Å². The maximum Gasteiger partial charge on any atom is 0.287 e. The molecule has 6 heteroatoms. The van der Waals surface area contributed by atoms with Gasteiger partial charge >= 0.3 is 0 Å². The van der Waals surface area contributed by atoms with Crippen LogP contribution in [-0.4, -0.2) is 40.9 Å². The van der Waals surface area contributed by atoms with Gasteiger partial charge in [-0.1, -0.05) is 32.4 Å². The summed E-state index contributed by atoms with van der Waals surface area (Å²) in [5, 5.41) is 7.88. The van der Waals surface area contributed by atoms with Crippen LogP contribution in [0.4, 0.5) is 5.69 Å². The van der Waals surface area contributed by atoms with Crippen molar-refractivity contribution in [1.82, 2.24) is 14.7 Å². The van der Waals surface area contributed by atoms with Crippen molar-refractivity contribution >= 4 is 17.3 Å². The highest BCUT2D eigenvalue weighted by molar-refractivity contribution is 6.32. The van der Waals surface area contributed by atoms with Gasteiger partial charge in [-0.25, -0.2) is 4.68 Å². The Morgan fingerprint density at radius 3 is 2.86 bits per heavy atom. The van der Waals surface area contributed by atoms with Gasteiger partial charge in [-0.05, 0) is 31.8 Å². The Bertz CT molecular complexity index is 543. The smallest absolute Gasteiger partial charge is 0.287 e. The molecule has 21 heavy (non-hydrogen) atoms. The molecule has 0 radical (unpaired) electrons. The van der Waals surface area contributed by atoms with Crippen molar-refractivity contribution in [2.45, 2.75) is 39.8 Å². The summed E-state index contributed by atoms with van der Waals surface area (Å²) in [5.74, 6) is 0.872. The molecule has 1 saturated heterocycles. The van der Waals surface area contributed by atoms with Gasteiger partial charge in [0, 0.05) is 19.1 Å². The van der Waals surface area contributed by atoms with Gasteiger partial charge in [0.2, 0.25) is 0 Å². The van der Waals surface area contributed by atoms with Gasteiger partial charge in [-0.3, -0.25) is 4.79 Å². The number of nitrogens with one attached hydrogen (secondary N) is 1. The van der Waals surface area contributed by atoms with E-state index in [1.54, 1.807) is 6.20 Å². The van der Waals surface area contributed by atoms with Crippen molar-refractivity contribution in [3.63, 3.8) is 0 Å². The lowest BCUT2D eigenvalue weighted by Crippen LogP contribution is -2.43. The van der Waals surface area contributed by atoms with E-state index in [-0.39, 0.29) is 10.6 Å². The molecule has 0 saturated carbocycles. The van der Waals surface area contributed by atoms with Crippen LogP contribution < -0.4 is 10.9 Å². The lowest BCUT2D eigenvalue weighted by atomic mass is 9.94. The van der Waals surface area contributed by atoms with Crippen LogP contribution >= 0.6 is 11.6 Å². The number of hydrogen-bond donors (Lipinski definition) is 1. The van der Waals surface area contributed by atoms with Crippen molar-refractivity contribution in [3.8, 4) is 0 Å². The van der Waals surface area contributed by atoms with Gasteiger partial charge in [0.25, 0.3) is 5.56 Å². The summed E-state index contributed by atoms with van der Waals surface area (Å²) >= 11 is 6.23. The van der Waals surface area contributed by atoms with E-state index in [2.05, 4.69) is 29.3 Å². The molecule has 1 N–H and O–H groups in total. The Morgan fingerprint density at radius 2 is 2.24 bits per heavy atom. The van der Waals surface area contributed by atoms with E-state index >= 15 is 0 Å². The number of rotatable bonds is 4. The van der Waals surface area contributed by atoms with Crippen molar-refractivity contribution in [1.29, 1.82) is 0 Å². The van der Waals surface area contributed by atoms with E-state index in [0.717, 1.165) is 19.5 Å². The number of nitrogens with zero attached hydrogens (tertiary/aromatic N) is 3. The van der Waals surface area contributed by atoms with Gasteiger partial charge in [0.15, 0.2) is 0 Å². The van der Waals surface area contributed by atoms with Crippen LogP contribution in [0, 0.1) is 11.8 Å². The fourth-order valence-corrected chi connectivity index (χ4v) is 3.01. The largest absolute Gasteiger partial charge is 0.379 e. The summed E-state index contributed by atoms with van der Waals surface area (Å²) in [5.41, 5.74) is 0.444. The van der Waals surface area contributed by atoms with Gasteiger partial charge < -0.3 is 10.2 Å². The van der Waals surface area contributed by atoms with Crippen LogP contribution in [0.15, 0.2) is 11.0 Å². The summed E-state index contributed by atoms with van der Waals surface area (Å²) in [6.45, 7) is 9.01. The Hall–Kier alpha value is -1.07. The standard InChI is InChI=1S/C15H25ClN4O/c1-10(2)8-20-15(21)14(16)13(7-17-20)18-12-5-6-19(4)9-11(12)3/h7,10-12,18H,5-6,8-9H2,1-4H3. The molecule has 1 aromatic rings. The third kappa shape index (κ3) is 3.98. The summed E-state index contributed by atoms with van der Waals surface area (Å²) < 4.78 is 1.44. The monoisotopic (exact) mass is 312 g/mol. The minimum Gasteiger partial charge on any atom is -0.379 e. The van der Waals surface area contributed by atoms with Crippen LogP contribution in [-0.2, 0) is 6.54 Å². The summed E-state index contributed by atoms with van der Waals surface area (Å²) in [4.78, 5) is 14.5. The first-order valence-corrected chi connectivity index (χ1v) is 7.97. The SMILES string of the molecule is CC(C)Cn1ncc(NC2CCN(C)CC2C)c(Cl)c1=O. The van der Waals surface area contributed by atoms with Gasteiger partial charge in [-0.15, -0.1) is 0 Å². The van der Waals surface area contributed by atoms with Crippen molar-refractivity contribution in [2.75, 3.05) is 25.5 Å². The van der Waals surface area contributed by atoms with Crippen LogP contribution in [0.2, 0.25) is 5.02 Å². The Labute approximate surface area is 131 Å². The molecule has 2 rings (SSSR count). The number of piperidine rings is 1. The molecule has 1 fully saturated rings. The topological polar surface area (TPSA) is 50.2 Å². The van der Waals surface area contributed by atoms with Gasteiger partial charge in [0.05, 0.1) is 11.9 Å². The fourth-order valence-electron chi connectivity index (χ4n) is 2.81. The van der Waals surface area contributed by atoms with Crippen LogP contribution in [0.25, 0.3) is 0 Å². The second-order valence-electron chi connectivity index (χ2n) is 6.53. The van der Waals surface area contributed by atoms with E-state index < -0.39 is 0 Å². The van der Waals surface area contributed by atoms with E-state index in [0.29, 0.717) is 30.1 Å². The molecule has 2 unspecified atom stereocenters. The van der Waals surface area contributed by atoms with Crippen LogP contribution in [0.1, 0.15) is 27.2 Å². The van der Waals surface area contributed by atoms with Gasteiger partial charge in [0.1, 0.15) is 5.02 Å². The average Bonchev–Trinajstić information content (AvgIpc) is 2.40.